The highest BCUT2D eigenvalue weighted by atomic mass is 15.3. The Morgan fingerprint density at radius 2 is 0.448 bits per heavy atom. The van der Waals surface area contributed by atoms with Crippen molar-refractivity contribution < 1.29 is 0 Å². The molecule has 0 amide bonds. The molecule has 0 saturated carbocycles. The number of rotatable bonds is 34. The fraction of sp³-hybridized carbons (Fsp3) is 0.643. The van der Waals surface area contributed by atoms with Gasteiger partial charge in [0.2, 0.25) is 0 Å². The maximum Gasteiger partial charge on any atom is 0.0659 e. The lowest BCUT2D eigenvalue weighted by Gasteiger charge is -2.41. The zero-order valence-electron chi connectivity index (χ0n) is 37.9. The molecule has 2 heteroatoms. The molecule has 0 atom stereocenters. The highest BCUT2D eigenvalue weighted by molar-refractivity contribution is 6.04. The van der Waals surface area contributed by atoms with Crippen LogP contribution in [0.2, 0.25) is 0 Å². The number of hydrogen-bond acceptors (Lipinski definition) is 2. The molecule has 320 valence electrons. The second-order valence-corrected chi connectivity index (χ2v) is 18.3. The van der Waals surface area contributed by atoms with Crippen LogP contribution in [0.4, 0.5) is 22.7 Å². The molecule has 0 unspecified atom stereocenters. The molecule has 0 spiro atoms. The zero-order valence-corrected chi connectivity index (χ0v) is 37.9. The maximum atomic E-state index is 2.69. The molecule has 1 aliphatic rings. The van der Waals surface area contributed by atoms with Gasteiger partial charge in [-0.1, -0.05) is 255 Å². The lowest BCUT2D eigenvalue weighted by molar-refractivity contribution is 0.529. The molecule has 2 nitrogen and oxygen atoms in total. The van der Waals surface area contributed by atoms with Crippen molar-refractivity contribution in [2.24, 2.45) is 0 Å². The normalized spacial score (nSPS) is 12.5. The summed E-state index contributed by atoms with van der Waals surface area (Å²) in [6, 6.07) is 28.0. The number of unbranched alkanes of at least 4 members (excludes halogenated alkanes) is 30. The van der Waals surface area contributed by atoms with Crippen LogP contribution in [0.5, 0.6) is 0 Å². The van der Waals surface area contributed by atoms with Crippen LogP contribution in [0, 0.1) is 0 Å². The Hall–Kier alpha value is -3.00. The summed E-state index contributed by atoms with van der Waals surface area (Å²) < 4.78 is 0. The molecule has 0 aromatic heterocycles. The minimum absolute atomic E-state index is 1.09. The molecule has 0 saturated heterocycles. The number of anilines is 4. The quantitative estimate of drug-likeness (QED) is 0.0435. The van der Waals surface area contributed by atoms with Crippen LogP contribution in [0.25, 0.3) is 21.5 Å². The third kappa shape index (κ3) is 15.9. The smallest absolute Gasteiger partial charge is 0.0659 e. The standard InChI is InChI=1S/C56H86N2/c1-3-5-7-9-11-13-15-17-19-21-23-25-27-29-31-37-43-57-53-45-49-39-33-35-41-51(49)47-55(53)58(56-48-52-42-36-34-40-50(52)46-54(56)57)44-38-32-30-28-26-24-22-20-18-16-14-12-10-8-6-4-2/h33-36,39-42,45-48H,3-32,37-38,43-44H2,1-2H3. The molecule has 0 fully saturated rings. The number of fused-ring (bicyclic) bond motifs is 4. The van der Waals surface area contributed by atoms with E-state index in [4.69, 9.17) is 0 Å². The van der Waals surface area contributed by atoms with Crippen molar-refractivity contribution in [1.29, 1.82) is 0 Å². The summed E-state index contributed by atoms with van der Waals surface area (Å²) >= 11 is 0. The lowest BCUT2D eigenvalue weighted by Crippen LogP contribution is -2.31. The van der Waals surface area contributed by atoms with E-state index in [2.05, 4.69) is 96.4 Å². The van der Waals surface area contributed by atoms with Gasteiger partial charge in [0.05, 0.1) is 22.7 Å². The monoisotopic (exact) mass is 787 g/mol. The van der Waals surface area contributed by atoms with E-state index in [1.54, 1.807) is 0 Å². The van der Waals surface area contributed by atoms with Crippen LogP contribution in [0.15, 0.2) is 72.8 Å². The molecule has 5 rings (SSSR count). The van der Waals surface area contributed by atoms with Crippen molar-refractivity contribution in [3.8, 4) is 0 Å². The molecular weight excluding hydrogens is 701 g/mol. The van der Waals surface area contributed by atoms with Crippen LogP contribution in [0.1, 0.15) is 219 Å². The molecule has 0 radical (unpaired) electrons. The number of benzene rings is 4. The van der Waals surface area contributed by atoms with E-state index in [1.807, 2.05) is 0 Å². The first-order valence-corrected chi connectivity index (χ1v) is 25.4. The third-order valence-electron chi connectivity index (χ3n) is 13.3. The number of nitrogens with zero attached hydrogens (tertiary/aromatic N) is 2. The van der Waals surface area contributed by atoms with E-state index >= 15 is 0 Å². The minimum atomic E-state index is 1.09. The van der Waals surface area contributed by atoms with Crippen molar-refractivity contribution in [3.63, 3.8) is 0 Å². The minimum Gasteiger partial charge on any atom is -0.338 e. The molecule has 58 heavy (non-hydrogen) atoms. The molecule has 1 heterocycles. The van der Waals surface area contributed by atoms with E-state index in [-0.39, 0.29) is 0 Å². The summed E-state index contributed by atoms with van der Waals surface area (Å²) in [5.74, 6) is 0. The van der Waals surface area contributed by atoms with Gasteiger partial charge in [0.1, 0.15) is 0 Å². The van der Waals surface area contributed by atoms with Gasteiger partial charge in [-0.3, -0.25) is 0 Å². The molecule has 0 bridgehead atoms. The van der Waals surface area contributed by atoms with Crippen molar-refractivity contribution in [2.75, 3.05) is 22.9 Å². The summed E-state index contributed by atoms with van der Waals surface area (Å²) in [6.45, 7) is 6.79. The van der Waals surface area contributed by atoms with Gasteiger partial charge in [-0.2, -0.15) is 0 Å². The first kappa shape index (κ1) is 46.1. The van der Waals surface area contributed by atoms with Crippen LogP contribution in [0.3, 0.4) is 0 Å². The molecule has 4 aromatic carbocycles. The van der Waals surface area contributed by atoms with Gasteiger partial charge in [0.15, 0.2) is 0 Å². The van der Waals surface area contributed by atoms with Crippen molar-refractivity contribution in [1.82, 2.24) is 0 Å². The first-order valence-electron chi connectivity index (χ1n) is 25.4. The summed E-state index contributed by atoms with van der Waals surface area (Å²) in [7, 11) is 0. The Morgan fingerprint density at radius 1 is 0.259 bits per heavy atom. The molecule has 4 aromatic rings. The topological polar surface area (TPSA) is 6.48 Å². The Labute approximate surface area is 358 Å². The van der Waals surface area contributed by atoms with E-state index in [1.165, 1.54) is 250 Å². The van der Waals surface area contributed by atoms with Gasteiger partial charge >= 0.3 is 0 Å². The van der Waals surface area contributed by atoms with Gasteiger partial charge in [-0.25, -0.2) is 0 Å². The first-order chi connectivity index (χ1) is 28.8. The van der Waals surface area contributed by atoms with Gasteiger partial charge in [0, 0.05) is 13.1 Å². The second-order valence-electron chi connectivity index (χ2n) is 18.3. The molecular formula is C56H86N2. The van der Waals surface area contributed by atoms with Crippen molar-refractivity contribution >= 4 is 44.3 Å². The van der Waals surface area contributed by atoms with Gasteiger partial charge in [-0.05, 0) is 58.7 Å². The average molecular weight is 787 g/mol. The fourth-order valence-electron chi connectivity index (χ4n) is 9.67. The highest BCUT2D eigenvalue weighted by Crippen LogP contribution is 2.50. The van der Waals surface area contributed by atoms with Crippen LogP contribution in [-0.4, -0.2) is 13.1 Å². The van der Waals surface area contributed by atoms with E-state index in [0.717, 1.165) is 13.1 Å². The predicted octanol–water partition coefficient (Wildman–Crippen LogP) is 19.1. The largest absolute Gasteiger partial charge is 0.338 e. The second kappa shape index (κ2) is 28.5. The molecule has 1 aliphatic heterocycles. The van der Waals surface area contributed by atoms with Crippen molar-refractivity contribution in [3.05, 3.63) is 72.8 Å². The predicted molar refractivity (Wildman–Crippen MR) is 261 cm³/mol. The Kier molecular flexibility index (Phi) is 22.6. The average Bonchev–Trinajstić information content (AvgIpc) is 3.25. The SMILES string of the molecule is CCCCCCCCCCCCCCCCCCN1c2cc3ccccc3cc2N(CCCCCCCCCCCCCCCCCC)c2cc3ccccc3cc21. The zero-order chi connectivity index (χ0) is 40.3. The third-order valence-corrected chi connectivity index (χ3v) is 13.3. The summed E-state index contributed by atoms with van der Waals surface area (Å²) in [4.78, 5) is 5.38. The Balaban J connectivity index is 1.08. The lowest BCUT2D eigenvalue weighted by atomic mass is 9.99. The summed E-state index contributed by atoms with van der Waals surface area (Å²) in [5, 5.41) is 5.41. The fourth-order valence-corrected chi connectivity index (χ4v) is 9.67. The van der Waals surface area contributed by atoms with E-state index < -0.39 is 0 Å². The molecule has 0 N–H and O–H groups in total. The van der Waals surface area contributed by atoms with E-state index in [0.29, 0.717) is 0 Å². The molecule has 0 aliphatic carbocycles. The highest BCUT2D eigenvalue weighted by Gasteiger charge is 2.29. The number of hydrogen-bond donors (Lipinski definition) is 0. The van der Waals surface area contributed by atoms with Gasteiger partial charge < -0.3 is 9.80 Å². The van der Waals surface area contributed by atoms with Gasteiger partial charge in [0.25, 0.3) is 0 Å². The van der Waals surface area contributed by atoms with Gasteiger partial charge in [-0.15, -0.1) is 0 Å². The van der Waals surface area contributed by atoms with Crippen LogP contribution >= 0.6 is 0 Å². The van der Waals surface area contributed by atoms with Crippen LogP contribution in [-0.2, 0) is 0 Å². The van der Waals surface area contributed by atoms with E-state index in [9.17, 15) is 0 Å². The van der Waals surface area contributed by atoms with Crippen molar-refractivity contribution in [2.45, 2.75) is 219 Å². The summed E-state index contributed by atoms with van der Waals surface area (Å²) in [6.07, 6.45) is 45.1. The Bertz CT molecular complexity index is 1450. The van der Waals surface area contributed by atoms with Crippen LogP contribution < -0.4 is 9.80 Å². The maximum absolute atomic E-state index is 2.69. The summed E-state index contributed by atoms with van der Waals surface area (Å²) in [5.41, 5.74) is 5.61. The Morgan fingerprint density at radius 3 is 0.655 bits per heavy atom.